The molecule has 1 N–H and O–H groups in total. The molecule has 0 unspecified atom stereocenters. The number of thiophene rings is 1. The molecule has 0 bridgehead atoms. The number of nitrogens with one attached hydrogen (secondary N) is 1. The number of aryl methyl sites for hydroxylation is 2. The normalized spacial score (nSPS) is 10.6. The lowest BCUT2D eigenvalue weighted by Crippen LogP contribution is -2.24. The summed E-state index contributed by atoms with van der Waals surface area (Å²) < 4.78 is 5.21. The minimum Gasteiger partial charge on any atom is -0.469 e. The van der Waals surface area contributed by atoms with Gasteiger partial charge in [0.1, 0.15) is 5.76 Å². The molecule has 0 aliphatic carbocycles. The molecule has 3 nitrogen and oxygen atoms in total. The lowest BCUT2D eigenvalue weighted by molar-refractivity contribution is 0.0957. The van der Waals surface area contributed by atoms with Gasteiger partial charge in [-0.05, 0) is 37.1 Å². The molecular weight excluding hydrogens is 246 g/mol. The van der Waals surface area contributed by atoms with Crippen molar-refractivity contribution in [3.63, 3.8) is 0 Å². The van der Waals surface area contributed by atoms with E-state index in [1.807, 2.05) is 18.2 Å². The maximum Gasteiger partial charge on any atom is 0.261 e. The fourth-order valence-corrected chi connectivity index (χ4v) is 2.85. The first-order chi connectivity index (χ1) is 8.70. The van der Waals surface area contributed by atoms with E-state index in [0.29, 0.717) is 6.54 Å². The Bertz CT molecular complexity index is 514. The molecule has 0 saturated carbocycles. The Morgan fingerprint density at radius 1 is 1.50 bits per heavy atom. The summed E-state index contributed by atoms with van der Waals surface area (Å²) in [5.41, 5.74) is 1.21. The Kier molecular flexibility index (Phi) is 4.20. The summed E-state index contributed by atoms with van der Waals surface area (Å²) in [6, 6.07) is 5.73. The number of amides is 1. The zero-order chi connectivity index (χ0) is 13.0. The van der Waals surface area contributed by atoms with Gasteiger partial charge in [0.25, 0.3) is 5.91 Å². The highest BCUT2D eigenvalue weighted by molar-refractivity contribution is 7.14. The van der Waals surface area contributed by atoms with E-state index in [1.54, 1.807) is 17.6 Å². The lowest BCUT2D eigenvalue weighted by Gasteiger charge is -2.01. The van der Waals surface area contributed by atoms with E-state index < -0.39 is 0 Å². The number of carbonyl (C=O) groups excluding carboxylic acids is 1. The number of hydrogen-bond donors (Lipinski definition) is 1. The van der Waals surface area contributed by atoms with Gasteiger partial charge in [-0.25, -0.2) is 0 Å². The highest BCUT2D eigenvalue weighted by Crippen LogP contribution is 2.22. The summed E-state index contributed by atoms with van der Waals surface area (Å²) in [6.07, 6.45) is 3.35. The fraction of sp³-hybridized carbons (Fsp3) is 0.357. The number of hydrogen-bond acceptors (Lipinski definition) is 3. The smallest absolute Gasteiger partial charge is 0.261 e. The van der Waals surface area contributed by atoms with Crippen LogP contribution in [0.5, 0.6) is 0 Å². The third-order valence-corrected chi connectivity index (χ3v) is 4.18. The molecule has 0 saturated heterocycles. The summed E-state index contributed by atoms with van der Waals surface area (Å²) in [7, 11) is 0. The van der Waals surface area contributed by atoms with Gasteiger partial charge < -0.3 is 9.73 Å². The first kappa shape index (κ1) is 12.9. The highest BCUT2D eigenvalue weighted by Gasteiger charge is 2.11. The summed E-state index contributed by atoms with van der Waals surface area (Å²) >= 11 is 1.58. The van der Waals surface area contributed by atoms with E-state index in [-0.39, 0.29) is 5.91 Å². The van der Waals surface area contributed by atoms with E-state index in [2.05, 4.69) is 19.2 Å². The van der Waals surface area contributed by atoms with E-state index >= 15 is 0 Å². The van der Waals surface area contributed by atoms with E-state index in [4.69, 9.17) is 4.42 Å². The van der Waals surface area contributed by atoms with Gasteiger partial charge in [-0.2, -0.15) is 0 Å². The predicted octanol–water partition coefficient (Wildman–Crippen LogP) is 3.18. The maximum absolute atomic E-state index is 11.9. The van der Waals surface area contributed by atoms with Gasteiger partial charge in [0.15, 0.2) is 0 Å². The zero-order valence-corrected chi connectivity index (χ0v) is 11.5. The lowest BCUT2D eigenvalue weighted by atomic mass is 10.2. The monoisotopic (exact) mass is 263 g/mol. The maximum atomic E-state index is 11.9. The zero-order valence-electron chi connectivity index (χ0n) is 10.7. The second-order valence-corrected chi connectivity index (χ2v) is 5.29. The third-order valence-electron chi connectivity index (χ3n) is 2.80. The average molecular weight is 263 g/mol. The summed E-state index contributed by atoms with van der Waals surface area (Å²) in [5, 5.41) is 2.91. The van der Waals surface area contributed by atoms with Gasteiger partial charge in [0.2, 0.25) is 0 Å². The second-order valence-electron chi connectivity index (χ2n) is 4.16. The van der Waals surface area contributed by atoms with Gasteiger partial charge in [-0.3, -0.25) is 4.79 Å². The second kappa shape index (κ2) is 5.87. The molecule has 1 amide bonds. The molecule has 96 valence electrons. The molecule has 2 rings (SSSR count). The van der Waals surface area contributed by atoms with E-state index in [9.17, 15) is 4.79 Å². The van der Waals surface area contributed by atoms with Crippen LogP contribution in [0.2, 0.25) is 0 Å². The molecule has 4 heteroatoms. The third kappa shape index (κ3) is 3.01. The Balaban J connectivity index is 1.87. The van der Waals surface area contributed by atoms with Crippen LogP contribution in [-0.4, -0.2) is 12.5 Å². The topological polar surface area (TPSA) is 42.2 Å². The molecule has 2 aromatic rings. The van der Waals surface area contributed by atoms with Crippen molar-refractivity contribution in [3.8, 4) is 0 Å². The molecule has 0 fully saturated rings. The molecule has 2 aromatic heterocycles. The Labute approximate surface area is 111 Å². The van der Waals surface area contributed by atoms with Gasteiger partial charge in [-0.1, -0.05) is 6.92 Å². The molecule has 18 heavy (non-hydrogen) atoms. The Hall–Kier alpha value is -1.55. The average Bonchev–Trinajstić information content (AvgIpc) is 2.98. The van der Waals surface area contributed by atoms with Gasteiger partial charge in [0, 0.05) is 17.8 Å². The number of furan rings is 1. The van der Waals surface area contributed by atoms with Crippen LogP contribution in [0.25, 0.3) is 0 Å². The molecule has 0 radical (unpaired) electrons. The van der Waals surface area contributed by atoms with Gasteiger partial charge in [0.05, 0.1) is 11.1 Å². The fourth-order valence-electron chi connectivity index (χ4n) is 1.82. The quantitative estimate of drug-likeness (QED) is 0.900. The van der Waals surface area contributed by atoms with Crippen LogP contribution in [-0.2, 0) is 12.8 Å². The standard InChI is InChI=1S/C14H17NO2S/c1-3-12-10(2)9-13(18-12)14(16)15-7-6-11-5-4-8-17-11/h4-5,8-9H,3,6-7H2,1-2H3,(H,15,16). The van der Waals surface area contributed by atoms with Crippen LogP contribution < -0.4 is 5.32 Å². The van der Waals surface area contributed by atoms with Crippen molar-refractivity contribution < 1.29 is 9.21 Å². The minimum atomic E-state index is 0.00866. The van der Waals surface area contributed by atoms with Crippen molar-refractivity contribution in [2.24, 2.45) is 0 Å². The molecular formula is C14H17NO2S. The molecule has 0 spiro atoms. The summed E-state index contributed by atoms with van der Waals surface area (Å²) in [5.74, 6) is 0.904. The Morgan fingerprint density at radius 3 is 2.94 bits per heavy atom. The van der Waals surface area contributed by atoms with Crippen molar-refractivity contribution in [2.75, 3.05) is 6.54 Å². The van der Waals surface area contributed by atoms with Crippen LogP contribution in [0.3, 0.4) is 0 Å². The van der Waals surface area contributed by atoms with Crippen LogP contribution in [0.15, 0.2) is 28.9 Å². The first-order valence-corrected chi connectivity index (χ1v) is 6.92. The molecule has 0 aliphatic heterocycles. The van der Waals surface area contributed by atoms with E-state index in [0.717, 1.165) is 23.5 Å². The molecule has 0 aromatic carbocycles. The Morgan fingerprint density at radius 2 is 2.33 bits per heavy atom. The molecule has 2 heterocycles. The van der Waals surface area contributed by atoms with Crippen molar-refractivity contribution in [1.29, 1.82) is 0 Å². The minimum absolute atomic E-state index is 0.00866. The number of rotatable bonds is 5. The molecule has 0 aliphatic rings. The highest BCUT2D eigenvalue weighted by atomic mass is 32.1. The van der Waals surface area contributed by atoms with Crippen LogP contribution in [0.1, 0.15) is 32.8 Å². The SMILES string of the molecule is CCc1sc(C(=O)NCCc2ccco2)cc1C. The van der Waals surface area contributed by atoms with Gasteiger partial charge >= 0.3 is 0 Å². The number of carbonyl (C=O) groups is 1. The largest absolute Gasteiger partial charge is 0.469 e. The van der Waals surface area contributed by atoms with Crippen LogP contribution in [0.4, 0.5) is 0 Å². The summed E-state index contributed by atoms with van der Waals surface area (Å²) in [4.78, 5) is 14.0. The van der Waals surface area contributed by atoms with Crippen LogP contribution in [0, 0.1) is 6.92 Å². The predicted molar refractivity (Wildman–Crippen MR) is 73.2 cm³/mol. The first-order valence-electron chi connectivity index (χ1n) is 6.10. The van der Waals surface area contributed by atoms with Crippen LogP contribution >= 0.6 is 11.3 Å². The summed E-state index contributed by atoms with van der Waals surface area (Å²) in [6.45, 7) is 4.76. The van der Waals surface area contributed by atoms with Crippen molar-refractivity contribution >= 4 is 17.2 Å². The van der Waals surface area contributed by atoms with E-state index in [1.165, 1.54) is 10.4 Å². The molecule has 0 atom stereocenters. The van der Waals surface area contributed by atoms with Crippen molar-refractivity contribution in [3.05, 3.63) is 45.5 Å². The van der Waals surface area contributed by atoms with Crippen molar-refractivity contribution in [2.45, 2.75) is 26.7 Å². The van der Waals surface area contributed by atoms with Crippen molar-refractivity contribution in [1.82, 2.24) is 5.32 Å². The van der Waals surface area contributed by atoms with Gasteiger partial charge in [-0.15, -0.1) is 11.3 Å².